The molecular formula is C5H7NS2. The van der Waals surface area contributed by atoms with Crippen LogP contribution in [0, 0.1) is 0 Å². The summed E-state index contributed by atoms with van der Waals surface area (Å²) in [7, 11) is 0. The summed E-state index contributed by atoms with van der Waals surface area (Å²) in [5.41, 5.74) is 0. The van der Waals surface area contributed by atoms with E-state index in [1.807, 2.05) is 6.92 Å². The van der Waals surface area contributed by atoms with E-state index < -0.39 is 0 Å². The van der Waals surface area contributed by atoms with Gasteiger partial charge < -0.3 is 0 Å². The van der Waals surface area contributed by atoms with Gasteiger partial charge in [0.1, 0.15) is 0 Å². The third kappa shape index (κ3) is 1.56. The quantitative estimate of drug-likeness (QED) is 0.482. The summed E-state index contributed by atoms with van der Waals surface area (Å²) in [6.45, 7) is 2.90. The third-order valence-electron chi connectivity index (χ3n) is 0.912. The number of hydrogen-bond donors (Lipinski definition) is 0. The summed E-state index contributed by atoms with van der Waals surface area (Å²) in [5.74, 6) is 0. The van der Waals surface area contributed by atoms with Crippen molar-refractivity contribution in [3.8, 4) is 0 Å². The second kappa shape index (κ2) is 2.60. The van der Waals surface area contributed by atoms with Crippen molar-refractivity contribution in [1.29, 1.82) is 0 Å². The molecule has 0 saturated heterocycles. The van der Waals surface area contributed by atoms with Gasteiger partial charge in [0.25, 0.3) is 0 Å². The third-order valence-corrected chi connectivity index (χ3v) is 2.22. The molecule has 0 N–H and O–H groups in total. The maximum absolute atomic E-state index is 4.96. The Morgan fingerprint density at radius 2 is 2.50 bits per heavy atom. The molecule has 0 bridgehead atoms. The second-order valence-electron chi connectivity index (χ2n) is 1.62. The average molecular weight is 145 g/mol. The predicted molar refractivity (Wildman–Crippen MR) is 42.8 cm³/mol. The van der Waals surface area contributed by atoms with Crippen molar-refractivity contribution in [2.24, 2.45) is 4.99 Å². The van der Waals surface area contributed by atoms with Gasteiger partial charge in [0, 0.05) is 13.0 Å². The molecular weight excluding hydrogens is 138 g/mol. The molecule has 0 aromatic carbocycles. The molecule has 1 aliphatic rings. The highest BCUT2D eigenvalue weighted by Gasteiger charge is 2.04. The number of thioether (sulfide) groups is 1. The fourth-order valence-corrected chi connectivity index (χ4v) is 1.68. The Morgan fingerprint density at radius 3 is 2.88 bits per heavy atom. The van der Waals surface area contributed by atoms with E-state index in [0.29, 0.717) is 0 Å². The van der Waals surface area contributed by atoms with Gasteiger partial charge in [-0.05, 0) is 6.92 Å². The largest absolute Gasteiger partial charge is 0.282 e. The van der Waals surface area contributed by atoms with Crippen molar-refractivity contribution in [3.05, 3.63) is 0 Å². The van der Waals surface area contributed by atoms with Crippen LogP contribution >= 0.6 is 24.0 Å². The molecule has 1 nitrogen and oxygen atoms in total. The lowest BCUT2D eigenvalue weighted by molar-refractivity contribution is 1.06. The molecule has 0 amide bonds. The van der Waals surface area contributed by atoms with Crippen molar-refractivity contribution in [1.82, 2.24) is 0 Å². The van der Waals surface area contributed by atoms with Crippen molar-refractivity contribution >= 4 is 33.2 Å². The standard InChI is InChI=1S/C5H7NS2/c1-4-6-3-2-5(7)8-4/h2-3H2,1H3. The van der Waals surface area contributed by atoms with Crippen molar-refractivity contribution in [2.45, 2.75) is 13.3 Å². The first-order valence-electron chi connectivity index (χ1n) is 2.51. The minimum absolute atomic E-state index is 0.900. The molecule has 0 fully saturated rings. The first-order valence-corrected chi connectivity index (χ1v) is 3.73. The molecule has 0 aliphatic carbocycles. The highest BCUT2D eigenvalue weighted by Crippen LogP contribution is 2.14. The van der Waals surface area contributed by atoms with Crippen molar-refractivity contribution in [3.63, 3.8) is 0 Å². The van der Waals surface area contributed by atoms with Crippen LogP contribution in [0.25, 0.3) is 0 Å². The monoisotopic (exact) mass is 145 g/mol. The summed E-state index contributed by atoms with van der Waals surface area (Å²) >= 11 is 6.59. The van der Waals surface area contributed by atoms with Crippen LogP contribution in [-0.2, 0) is 0 Å². The summed E-state index contributed by atoms with van der Waals surface area (Å²) < 4.78 is 1.08. The molecule has 0 saturated carbocycles. The number of rotatable bonds is 0. The van der Waals surface area contributed by atoms with Crippen molar-refractivity contribution in [2.75, 3.05) is 6.54 Å². The molecule has 1 rings (SSSR count). The number of hydrogen-bond acceptors (Lipinski definition) is 3. The van der Waals surface area contributed by atoms with E-state index in [0.717, 1.165) is 22.2 Å². The topological polar surface area (TPSA) is 12.4 Å². The second-order valence-corrected chi connectivity index (χ2v) is 3.66. The molecule has 0 aromatic rings. The zero-order valence-corrected chi connectivity index (χ0v) is 6.31. The van der Waals surface area contributed by atoms with Crippen LogP contribution in [0.3, 0.4) is 0 Å². The fourth-order valence-electron chi connectivity index (χ4n) is 0.553. The smallest absolute Gasteiger partial charge is 0.0697 e. The lowest BCUT2D eigenvalue weighted by Gasteiger charge is -2.06. The van der Waals surface area contributed by atoms with Gasteiger partial charge in [0.05, 0.1) is 9.24 Å². The highest BCUT2D eigenvalue weighted by molar-refractivity contribution is 8.33. The molecule has 1 aliphatic heterocycles. The molecule has 0 atom stereocenters. The van der Waals surface area contributed by atoms with E-state index >= 15 is 0 Å². The van der Waals surface area contributed by atoms with Gasteiger partial charge in [0.2, 0.25) is 0 Å². The minimum Gasteiger partial charge on any atom is -0.282 e. The number of nitrogens with zero attached hydrogens (tertiary/aromatic N) is 1. The number of aliphatic imine (C=N–C) groups is 1. The zero-order valence-electron chi connectivity index (χ0n) is 4.68. The maximum atomic E-state index is 4.96. The van der Waals surface area contributed by atoms with Gasteiger partial charge in [-0.15, -0.1) is 0 Å². The predicted octanol–water partition coefficient (Wildman–Crippen LogP) is 1.87. The van der Waals surface area contributed by atoms with Gasteiger partial charge in [-0.25, -0.2) is 0 Å². The van der Waals surface area contributed by atoms with Gasteiger partial charge >= 0.3 is 0 Å². The Kier molecular flexibility index (Phi) is 2.02. The highest BCUT2D eigenvalue weighted by atomic mass is 32.2. The molecule has 0 aromatic heterocycles. The Labute approximate surface area is 58.6 Å². The SMILES string of the molecule is CC1=NCCC(=S)S1. The van der Waals surface area contributed by atoms with Crippen LogP contribution in [0.5, 0.6) is 0 Å². The van der Waals surface area contributed by atoms with Crippen LogP contribution in [0.2, 0.25) is 0 Å². The lowest BCUT2D eigenvalue weighted by atomic mass is 10.5. The van der Waals surface area contributed by atoms with Gasteiger partial charge in [0.15, 0.2) is 0 Å². The van der Waals surface area contributed by atoms with E-state index in [2.05, 4.69) is 4.99 Å². The van der Waals surface area contributed by atoms with Crippen LogP contribution in [-0.4, -0.2) is 15.8 Å². The Bertz CT molecular complexity index is 139. The molecule has 44 valence electrons. The molecule has 8 heavy (non-hydrogen) atoms. The maximum Gasteiger partial charge on any atom is 0.0697 e. The summed E-state index contributed by atoms with van der Waals surface area (Å²) in [5, 5.41) is 1.11. The summed E-state index contributed by atoms with van der Waals surface area (Å²) in [6, 6.07) is 0. The average Bonchev–Trinajstić information content (AvgIpc) is 1.64. The first kappa shape index (κ1) is 6.23. The molecule has 1 heterocycles. The normalized spacial score (nSPS) is 20.6. The Balaban J connectivity index is 2.57. The van der Waals surface area contributed by atoms with E-state index in [9.17, 15) is 0 Å². The van der Waals surface area contributed by atoms with Crippen LogP contribution in [0.15, 0.2) is 4.99 Å². The first-order chi connectivity index (χ1) is 3.79. The molecule has 0 radical (unpaired) electrons. The van der Waals surface area contributed by atoms with Crippen LogP contribution in [0.1, 0.15) is 13.3 Å². The molecule has 3 heteroatoms. The lowest BCUT2D eigenvalue weighted by Crippen LogP contribution is -2.03. The van der Waals surface area contributed by atoms with E-state index in [1.54, 1.807) is 11.8 Å². The van der Waals surface area contributed by atoms with Gasteiger partial charge in [-0.3, -0.25) is 4.99 Å². The zero-order chi connectivity index (χ0) is 5.98. The Hall–Kier alpha value is 0.110. The molecule has 0 spiro atoms. The van der Waals surface area contributed by atoms with E-state index in [-0.39, 0.29) is 0 Å². The summed E-state index contributed by atoms with van der Waals surface area (Å²) in [4.78, 5) is 4.17. The van der Waals surface area contributed by atoms with Crippen LogP contribution in [0.4, 0.5) is 0 Å². The Morgan fingerprint density at radius 1 is 1.75 bits per heavy atom. The van der Waals surface area contributed by atoms with E-state index in [4.69, 9.17) is 12.2 Å². The summed E-state index contributed by atoms with van der Waals surface area (Å²) in [6.07, 6.45) is 0.983. The van der Waals surface area contributed by atoms with Gasteiger partial charge in [-0.2, -0.15) is 0 Å². The number of thiocarbonyl (C=S) groups is 1. The van der Waals surface area contributed by atoms with Crippen LogP contribution < -0.4 is 0 Å². The minimum atomic E-state index is 0.900. The fraction of sp³-hybridized carbons (Fsp3) is 0.600. The molecule has 0 unspecified atom stereocenters. The van der Waals surface area contributed by atoms with E-state index in [1.165, 1.54) is 0 Å². The van der Waals surface area contributed by atoms with Gasteiger partial charge in [-0.1, -0.05) is 24.0 Å². The van der Waals surface area contributed by atoms with Crippen molar-refractivity contribution < 1.29 is 0 Å².